The fraction of sp³-hybridized carbons (Fsp3) is 0.0476. The van der Waals surface area contributed by atoms with Crippen molar-refractivity contribution in [3.05, 3.63) is 81.6 Å². The Morgan fingerprint density at radius 2 is 1.85 bits per heavy atom. The van der Waals surface area contributed by atoms with Gasteiger partial charge in [-0.1, -0.05) is 30.3 Å². The molecule has 4 nitrogen and oxygen atoms in total. The molecule has 26 heavy (non-hydrogen) atoms. The number of anilines is 2. The number of benzene rings is 3. The normalized spacial score (nSPS) is 11.0. The third-order valence-electron chi connectivity index (χ3n) is 3.93. The second kappa shape index (κ2) is 8.02. The Kier molecular flexibility index (Phi) is 5.54. The molecule has 0 atom stereocenters. The largest absolute Gasteiger partial charge is 0.360 e. The summed E-state index contributed by atoms with van der Waals surface area (Å²) in [5, 5.41) is 17.4. The van der Waals surface area contributed by atoms with E-state index in [0.717, 1.165) is 25.6 Å². The van der Waals surface area contributed by atoms with Crippen LogP contribution in [0.1, 0.15) is 5.56 Å². The van der Waals surface area contributed by atoms with Crippen molar-refractivity contribution in [2.24, 2.45) is 0 Å². The highest BCUT2D eigenvalue weighted by atomic mass is 127. The summed E-state index contributed by atoms with van der Waals surface area (Å²) in [5.74, 6) is -0.440. The van der Waals surface area contributed by atoms with Crippen LogP contribution in [0.4, 0.5) is 11.4 Å². The summed E-state index contributed by atoms with van der Waals surface area (Å²) < 4.78 is 1.09. The number of hydrogen-bond acceptors (Lipinski definition) is 3. The number of carbonyl (C=O) groups is 1. The maximum absolute atomic E-state index is 12.4. The Hall–Kier alpha value is -2.85. The SMILES string of the molecule is Cc1cc(I)ccc1NC(=O)/C(C#N)=C\Nc1ccc2ccccc2c1. The van der Waals surface area contributed by atoms with Crippen LogP contribution >= 0.6 is 22.6 Å². The van der Waals surface area contributed by atoms with E-state index in [-0.39, 0.29) is 5.57 Å². The minimum Gasteiger partial charge on any atom is -0.360 e. The number of amides is 1. The quantitative estimate of drug-likeness (QED) is 0.324. The Labute approximate surface area is 165 Å². The monoisotopic (exact) mass is 453 g/mol. The highest BCUT2D eigenvalue weighted by molar-refractivity contribution is 14.1. The number of halogens is 1. The number of aryl methyl sites for hydroxylation is 1. The van der Waals surface area contributed by atoms with Crippen molar-refractivity contribution >= 4 is 50.6 Å². The number of hydrogen-bond donors (Lipinski definition) is 2. The minimum absolute atomic E-state index is 0.0103. The van der Waals surface area contributed by atoms with Gasteiger partial charge >= 0.3 is 0 Å². The van der Waals surface area contributed by atoms with Crippen molar-refractivity contribution < 1.29 is 4.79 Å². The number of fused-ring (bicyclic) bond motifs is 1. The third-order valence-corrected chi connectivity index (χ3v) is 4.61. The van der Waals surface area contributed by atoms with E-state index < -0.39 is 5.91 Å². The Balaban J connectivity index is 1.76. The van der Waals surface area contributed by atoms with E-state index in [9.17, 15) is 10.1 Å². The van der Waals surface area contributed by atoms with Crippen LogP contribution in [0.15, 0.2) is 72.4 Å². The average molecular weight is 453 g/mol. The fourth-order valence-electron chi connectivity index (χ4n) is 2.54. The first-order chi connectivity index (χ1) is 12.6. The van der Waals surface area contributed by atoms with Crippen LogP contribution in [0.2, 0.25) is 0 Å². The van der Waals surface area contributed by atoms with Gasteiger partial charge in [0.1, 0.15) is 11.6 Å². The molecule has 0 unspecified atom stereocenters. The highest BCUT2D eigenvalue weighted by Crippen LogP contribution is 2.20. The molecule has 0 aliphatic rings. The molecule has 0 saturated carbocycles. The molecule has 0 fully saturated rings. The number of nitrogens with zero attached hydrogens (tertiary/aromatic N) is 1. The summed E-state index contributed by atoms with van der Waals surface area (Å²) in [5.41, 5.74) is 2.47. The molecule has 2 N–H and O–H groups in total. The smallest absolute Gasteiger partial charge is 0.267 e. The van der Waals surface area contributed by atoms with Crippen molar-refractivity contribution in [2.45, 2.75) is 6.92 Å². The van der Waals surface area contributed by atoms with Crippen molar-refractivity contribution in [3.8, 4) is 6.07 Å². The van der Waals surface area contributed by atoms with Crippen molar-refractivity contribution in [1.29, 1.82) is 5.26 Å². The first-order valence-electron chi connectivity index (χ1n) is 8.00. The zero-order valence-electron chi connectivity index (χ0n) is 14.1. The van der Waals surface area contributed by atoms with Crippen LogP contribution in [0.3, 0.4) is 0 Å². The minimum atomic E-state index is -0.440. The second-order valence-corrected chi connectivity index (χ2v) is 7.04. The second-order valence-electron chi connectivity index (χ2n) is 5.79. The summed E-state index contributed by atoms with van der Waals surface area (Å²) >= 11 is 2.22. The molecule has 0 bridgehead atoms. The van der Waals surface area contributed by atoms with Crippen LogP contribution in [-0.2, 0) is 4.79 Å². The van der Waals surface area contributed by atoms with Crippen LogP contribution < -0.4 is 10.6 Å². The summed E-state index contributed by atoms with van der Waals surface area (Å²) in [6.07, 6.45) is 1.43. The topological polar surface area (TPSA) is 64.9 Å². The fourth-order valence-corrected chi connectivity index (χ4v) is 3.19. The van der Waals surface area contributed by atoms with Gasteiger partial charge in [-0.2, -0.15) is 5.26 Å². The van der Waals surface area contributed by atoms with Gasteiger partial charge in [-0.05, 0) is 76.2 Å². The van der Waals surface area contributed by atoms with Crippen LogP contribution in [0.5, 0.6) is 0 Å². The van der Waals surface area contributed by atoms with Gasteiger partial charge < -0.3 is 10.6 Å². The van der Waals surface area contributed by atoms with E-state index in [2.05, 4.69) is 33.2 Å². The molecule has 128 valence electrons. The van der Waals surface area contributed by atoms with Crippen LogP contribution in [0, 0.1) is 21.8 Å². The van der Waals surface area contributed by atoms with Gasteiger partial charge in [0.05, 0.1) is 0 Å². The number of rotatable bonds is 4. The standard InChI is InChI=1S/C21H16IN3O/c1-14-10-18(22)7-9-20(14)25-21(26)17(12-23)13-24-19-8-6-15-4-2-3-5-16(15)11-19/h2-11,13,24H,1H3,(H,25,26)/b17-13-. The van der Waals surface area contributed by atoms with Crippen molar-refractivity contribution in [3.63, 3.8) is 0 Å². The molecular formula is C21H16IN3O. The summed E-state index contributed by atoms with van der Waals surface area (Å²) in [6, 6.07) is 21.5. The van der Waals surface area contributed by atoms with Gasteiger partial charge in [0.25, 0.3) is 5.91 Å². The maximum atomic E-state index is 12.4. The predicted molar refractivity (Wildman–Crippen MR) is 114 cm³/mol. The molecule has 0 radical (unpaired) electrons. The van der Waals surface area contributed by atoms with Gasteiger partial charge in [0, 0.05) is 21.1 Å². The predicted octanol–water partition coefficient (Wildman–Crippen LogP) is 5.21. The van der Waals surface area contributed by atoms with Gasteiger partial charge in [-0.15, -0.1) is 0 Å². The maximum Gasteiger partial charge on any atom is 0.267 e. The van der Waals surface area contributed by atoms with E-state index in [1.54, 1.807) is 0 Å². The molecule has 0 spiro atoms. The molecule has 1 amide bonds. The summed E-state index contributed by atoms with van der Waals surface area (Å²) in [4.78, 5) is 12.4. The molecule has 0 aromatic heterocycles. The lowest BCUT2D eigenvalue weighted by molar-refractivity contribution is -0.112. The molecule has 0 saturated heterocycles. The number of nitriles is 1. The van der Waals surface area contributed by atoms with E-state index >= 15 is 0 Å². The molecule has 0 heterocycles. The molecule has 3 aromatic rings. The first-order valence-corrected chi connectivity index (χ1v) is 9.08. The van der Waals surface area contributed by atoms with Crippen LogP contribution in [-0.4, -0.2) is 5.91 Å². The van der Waals surface area contributed by atoms with Crippen molar-refractivity contribution in [2.75, 3.05) is 10.6 Å². The molecule has 5 heteroatoms. The molecule has 0 aliphatic heterocycles. The van der Waals surface area contributed by atoms with E-state index in [4.69, 9.17) is 0 Å². The summed E-state index contributed by atoms with van der Waals surface area (Å²) in [6.45, 7) is 1.92. The van der Waals surface area contributed by atoms with Gasteiger partial charge in [0.2, 0.25) is 0 Å². The molecule has 0 aliphatic carbocycles. The summed E-state index contributed by atoms with van der Waals surface area (Å²) in [7, 11) is 0. The van der Waals surface area contributed by atoms with Gasteiger partial charge in [-0.25, -0.2) is 0 Å². The van der Waals surface area contributed by atoms with Gasteiger partial charge in [-0.3, -0.25) is 4.79 Å². The Morgan fingerprint density at radius 1 is 1.08 bits per heavy atom. The zero-order valence-corrected chi connectivity index (χ0v) is 16.2. The zero-order chi connectivity index (χ0) is 18.5. The number of carbonyl (C=O) groups excluding carboxylic acids is 1. The molecular weight excluding hydrogens is 437 g/mol. The number of nitrogens with one attached hydrogen (secondary N) is 2. The van der Waals surface area contributed by atoms with E-state index in [0.29, 0.717) is 5.69 Å². The Bertz CT molecular complexity index is 1050. The van der Waals surface area contributed by atoms with Crippen molar-refractivity contribution in [1.82, 2.24) is 0 Å². The van der Waals surface area contributed by atoms with E-state index in [1.807, 2.05) is 73.7 Å². The van der Waals surface area contributed by atoms with Crippen LogP contribution in [0.25, 0.3) is 10.8 Å². The highest BCUT2D eigenvalue weighted by Gasteiger charge is 2.11. The van der Waals surface area contributed by atoms with E-state index in [1.165, 1.54) is 6.20 Å². The third kappa shape index (κ3) is 4.21. The average Bonchev–Trinajstić information content (AvgIpc) is 2.64. The lowest BCUT2D eigenvalue weighted by Gasteiger charge is -2.09. The first kappa shape index (κ1) is 18.0. The lowest BCUT2D eigenvalue weighted by atomic mass is 10.1. The van der Waals surface area contributed by atoms with Gasteiger partial charge in [0.15, 0.2) is 0 Å². The molecule has 3 aromatic carbocycles. The lowest BCUT2D eigenvalue weighted by Crippen LogP contribution is -2.15. The Morgan fingerprint density at radius 3 is 2.58 bits per heavy atom. The molecule has 3 rings (SSSR count).